The third-order valence-corrected chi connectivity index (χ3v) is 3.80. The Kier molecular flexibility index (Phi) is 7.16. The molecule has 25 heavy (non-hydrogen) atoms. The number of carbonyl (C=O) groups excluding carboxylic acids is 1. The van der Waals surface area contributed by atoms with E-state index in [0.717, 1.165) is 18.0 Å². The van der Waals surface area contributed by atoms with Crippen LogP contribution in [0.15, 0.2) is 30.3 Å². The monoisotopic (exact) mass is 361 g/mol. The number of halogens is 1. The molecule has 6 nitrogen and oxygen atoms in total. The molecule has 1 aromatic carbocycles. The van der Waals surface area contributed by atoms with Crippen molar-refractivity contribution in [2.45, 2.75) is 13.3 Å². The summed E-state index contributed by atoms with van der Waals surface area (Å²) < 4.78 is 0. The lowest BCUT2D eigenvalue weighted by Crippen LogP contribution is -2.32. The summed E-state index contributed by atoms with van der Waals surface area (Å²) in [5.74, 6) is 1.03. The van der Waals surface area contributed by atoms with Crippen molar-refractivity contribution in [2.75, 3.05) is 39.0 Å². The minimum atomic E-state index is -0.187. The van der Waals surface area contributed by atoms with E-state index < -0.39 is 0 Å². The van der Waals surface area contributed by atoms with Crippen LogP contribution in [0, 0.1) is 6.92 Å². The highest BCUT2D eigenvalue weighted by Crippen LogP contribution is 2.11. The molecule has 0 radical (unpaired) electrons. The molecule has 2 aromatic rings. The van der Waals surface area contributed by atoms with Crippen LogP contribution in [-0.4, -0.2) is 54.5 Å². The predicted octanol–water partition coefficient (Wildman–Crippen LogP) is 2.38. The molecule has 1 amide bonds. The first-order valence-electron chi connectivity index (χ1n) is 8.21. The first-order chi connectivity index (χ1) is 11.9. The normalized spacial score (nSPS) is 10.8. The van der Waals surface area contributed by atoms with Gasteiger partial charge in [0.2, 0.25) is 0 Å². The summed E-state index contributed by atoms with van der Waals surface area (Å²) in [7, 11) is 3.92. The SMILES string of the molecule is Cc1nc(NCCc2ccc(Cl)cc2)cc(C(=O)NCCN(C)C)n1. The van der Waals surface area contributed by atoms with Gasteiger partial charge in [-0.15, -0.1) is 0 Å². The number of rotatable bonds is 8. The third-order valence-electron chi connectivity index (χ3n) is 3.55. The van der Waals surface area contributed by atoms with Crippen LogP contribution in [0.3, 0.4) is 0 Å². The molecule has 2 N–H and O–H groups in total. The Balaban J connectivity index is 1.91. The number of aryl methyl sites for hydroxylation is 1. The van der Waals surface area contributed by atoms with Crippen molar-refractivity contribution < 1.29 is 4.79 Å². The van der Waals surface area contributed by atoms with Crippen molar-refractivity contribution in [3.63, 3.8) is 0 Å². The second-order valence-electron chi connectivity index (χ2n) is 6.05. The molecule has 0 bridgehead atoms. The minimum Gasteiger partial charge on any atom is -0.370 e. The summed E-state index contributed by atoms with van der Waals surface area (Å²) in [6, 6.07) is 9.43. The Hall–Kier alpha value is -2.18. The summed E-state index contributed by atoms with van der Waals surface area (Å²) >= 11 is 5.89. The van der Waals surface area contributed by atoms with E-state index in [0.29, 0.717) is 30.4 Å². The molecule has 134 valence electrons. The quantitative estimate of drug-likeness (QED) is 0.755. The van der Waals surface area contributed by atoms with Gasteiger partial charge in [0.1, 0.15) is 17.3 Å². The zero-order chi connectivity index (χ0) is 18.2. The molecular formula is C18H24ClN5O. The average Bonchev–Trinajstić information content (AvgIpc) is 2.56. The van der Waals surface area contributed by atoms with Crippen LogP contribution >= 0.6 is 11.6 Å². The number of hydrogen-bond donors (Lipinski definition) is 2. The molecule has 0 aliphatic carbocycles. The van der Waals surface area contributed by atoms with E-state index in [2.05, 4.69) is 20.6 Å². The van der Waals surface area contributed by atoms with E-state index in [1.165, 1.54) is 5.56 Å². The number of nitrogens with one attached hydrogen (secondary N) is 2. The molecule has 1 heterocycles. The largest absolute Gasteiger partial charge is 0.370 e. The van der Waals surface area contributed by atoms with Crippen LogP contribution in [-0.2, 0) is 6.42 Å². The van der Waals surface area contributed by atoms with Crippen molar-refractivity contribution in [1.29, 1.82) is 0 Å². The second-order valence-corrected chi connectivity index (χ2v) is 6.48. The highest BCUT2D eigenvalue weighted by Gasteiger charge is 2.10. The Bertz CT molecular complexity index is 703. The predicted molar refractivity (Wildman–Crippen MR) is 101 cm³/mol. The van der Waals surface area contributed by atoms with Gasteiger partial charge < -0.3 is 15.5 Å². The molecule has 0 unspecified atom stereocenters. The van der Waals surface area contributed by atoms with Crippen LogP contribution in [0.25, 0.3) is 0 Å². The molecule has 0 spiro atoms. The number of benzene rings is 1. The zero-order valence-electron chi connectivity index (χ0n) is 14.8. The lowest BCUT2D eigenvalue weighted by Gasteiger charge is -2.11. The van der Waals surface area contributed by atoms with Gasteiger partial charge in [-0.05, 0) is 45.1 Å². The van der Waals surface area contributed by atoms with Gasteiger partial charge in [0.25, 0.3) is 5.91 Å². The second kappa shape index (κ2) is 9.34. The molecule has 2 rings (SSSR count). The number of likely N-dealkylation sites (N-methyl/N-ethyl adjacent to an activating group) is 1. The fourth-order valence-corrected chi connectivity index (χ4v) is 2.37. The van der Waals surface area contributed by atoms with Crippen LogP contribution in [0.4, 0.5) is 5.82 Å². The fraction of sp³-hybridized carbons (Fsp3) is 0.389. The van der Waals surface area contributed by atoms with Gasteiger partial charge in [0, 0.05) is 30.7 Å². The molecule has 0 aliphatic rings. The van der Waals surface area contributed by atoms with E-state index in [9.17, 15) is 4.79 Å². The molecule has 0 aliphatic heterocycles. The van der Waals surface area contributed by atoms with E-state index in [-0.39, 0.29) is 5.91 Å². The first-order valence-corrected chi connectivity index (χ1v) is 8.59. The molecule has 0 fully saturated rings. The maximum Gasteiger partial charge on any atom is 0.270 e. The van der Waals surface area contributed by atoms with E-state index in [4.69, 9.17) is 11.6 Å². The van der Waals surface area contributed by atoms with Crippen LogP contribution in [0.2, 0.25) is 5.02 Å². The number of anilines is 1. The standard InChI is InChI=1S/C18H24ClN5O/c1-13-22-16(18(25)21-10-11-24(2)3)12-17(23-13)20-9-8-14-4-6-15(19)7-5-14/h4-7,12H,8-11H2,1-3H3,(H,21,25)(H,20,22,23). The van der Waals surface area contributed by atoms with Crippen LogP contribution in [0.5, 0.6) is 0 Å². The van der Waals surface area contributed by atoms with Gasteiger partial charge >= 0.3 is 0 Å². The molecular weight excluding hydrogens is 338 g/mol. The highest BCUT2D eigenvalue weighted by atomic mass is 35.5. The first kappa shape index (κ1) is 19.1. The topological polar surface area (TPSA) is 70.2 Å². The molecule has 0 atom stereocenters. The number of carbonyl (C=O) groups is 1. The summed E-state index contributed by atoms with van der Waals surface area (Å²) in [6.07, 6.45) is 0.838. The van der Waals surface area contributed by atoms with Crippen molar-refractivity contribution >= 4 is 23.3 Å². The van der Waals surface area contributed by atoms with E-state index >= 15 is 0 Å². The highest BCUT2D eigenvalue weighted by molar-refractivity contribution is 6.30. The Morgan fingerprint density at radius 2 is 1.88 bits per heavy atom. The molecule has 0 saturated carbocycles. The number of nitrogens with zero attached hydrogens (tertiary/aromatic N) is 3. The Morgan fingerprint density at radius 1 is 1.16 bits per heavy atom. The van der Waals surface area contributed by atoms with Gasteiger partial charge in [0.15, 0.2) is 0 Å². The number of amides is 1. The van der Waals surface area contributed by atoms with Gasteiger partial charge in [-0.25, -0.2) is 9.97 Å². The van der Waals surface area contributed by atoms with E-state index in [1.807, 2.05) is 43.3 Å². The van der Waals surface area contributed by atoms with Crippen LogP contribution < -0.4 is 10.6 Å². The van der Waals surface area contributed by atoms with Gasteiger partial charge in [-0.3, -0.25) is 4.79 Å². The van der Waals surface area contributed by atoms with Crippen molar-refractivity contribution in [2.24, 2.45) is 0 Å². The lowest BCUT2D eigenvalue weighted by atomic mass is 10.1. The maximum absolute atomic E-state index is 12.2. The molecule has 7 heteroatoms. The van der Waals surface area contributed by atoms with Gasteiger partial charge in [-0.1, -0.05) is 23.7 Å². The summed E-state index contributed by atoms with van der Waals surface area (Å²) in [4.78, 5) is 22.8. The van der Waals surface area contributed by atoms with Crippen molar-refractivity contribution in [3.05, 3.63) is 52.4 Å². The summed E-state index contributed by atoms with van der Waals surface area (Å²) in [5.41, 5.74) is 1.56. The average molecular weight is 362 g/mol. The zero-order valence-corrected chi connectivity index (χ0v) is 15.6. The van der Waals surface area contributed by atoms with Gasteiger partial charge in [-0.2, -0.15) is 0 Å². The van der Waals surface area contributed by atoms with Crippen molar-refractivity contribution in [1.82, 2.24) is 20.2 Å². The summed E-state index contributed by atoms with van der Waals surface area (Å²) in [6.45, 7) is 3.84. The Morgan fingerprint density at radius 3 is 2.56 bits per heavy atom. The summed E-state index contributed by atoms with van der Waals surface area (Å²) in [5, 5.41) is 6.84. The Labute approximate surface area is 153 Å². The third kappa shape index (κ3) is 6.68. The molecule has 1 aromatic heterocycles. The lowest BCUT2D eigenvalue weighted by molar-refractivity contribution is 0.0945. The minimum absolute atomic E-state index is 0.187. The maximum atomic E-state index is 12.2. The van der Waals surface area contributed by atoms with Gasteiger partial charge in [0.05, 0.1) is 0 Å². The molecule has 0 saturated heterocycles. The van der Waals surface area contributed by atoms with Crippen molar-refractivity contribution in [3.8, 4) is 0 Å². The van der Waals surface area contributed by atoms with E-state index in [1.54, 1.807) is 13.0 Å². The number of aromatic nitrogens is 2. The fourth-order valence-electron chi connectivity index (χ4n) is 2.24. The van der Waals surface area contributed by atoms with Crippen LogP contribution in [0.1, 0.15) is 21.9 Å². The smallest absolute Gasteiger partial charge is 0.270 e. The number of hydrogen-bond acceptors (Lipinski definition) is 5.